The Kier molecular flexibility index (Phi) is 55.3. The fourth-order valence-electron chi connectivity index (χ4n) is 8.48. The van der Waals surface area contributed by atoms with E-state index in [1.54, 1.807) is 0 Å². The minimum absolute atomic E-state index is 0.0822. The van der Waals surface area contributed by atoms with Gasteiger partial charge in [-0.25, -0.2) is 0 Å². The van der Waals surface area contributed by atoms with E-state index < -0.39 is 6.10 Å². The highest BCUT2D eigenvalue weighted by molar-refractivity contribution is 5.71. The molecule has 0 saturated carbocycles. The number of hydrogen-bond acceptors (Lipinski definition) is 6. The Morgan fingerprint density at radius 3 is 0.870 bits per heavy atom. The van der Waals surface area contributed by atoms with E-state index in [-0.39, 0.29) is 31.1 Å². The standard InChI is InChI=1S/C63H112O6/c1-4-7-10-13-16-19-22-24-26-28-30-31-33-35-37-39-42-44-47-50-53-56-62(65)68-59-60(69-63(66)57-54-51-48-45-40-21-18-15-12-9-6-3)58-67-61(64)55-52-49-46-43-41-38-36-34-32-29-27-25-23-20-17-14-11-8-5-2/h17,20,24-27,32,34,38,41,60H,4-16,18-19,21-23,28-31,33,35-37,39-40,42-59H2,1-3H3/b20-17-,26-24-,27-25-,34-32-,41-38-/t60-/m1/s1. The predicted octanol–water partition coefficient (Wildman–Crippen LogP) is 20.0. The van der Waals surface area contributed by atoms with E-state index in [2.05, 4.69) is 81.5 Å². The van der Waals surface area contributed by atoms with Crippen LogP contribution in [0, 0.1) is 0 Å². The van der Waals surface area contributed by atoms with E-state index in [0.29, 0.717) is 19.3 Å². The minimum Gasteiger partial charge on any atom is -0.462 e. The summed E-state index contributed by atoms with van der Waals surface area (Å²) in [5.41, 5.74) is 0. The molecule has 0 rings (SSSR count). The summed E-state index contributed by atoms with van der Waals surface area (Å²) in [4.78, 5) is 38.1. The van der Waals surface area contributed by atoms with Gasteiger partial charge in [0.2, 0.25) is 0 Å². The van der Waals surface area contributed by atoms with E-state index in [9.17, 15) is 14.4 Å². The van der Waals surface area contributed by atoms with Crippen molar-refractivity contribution in [1.29, 1.82) is 0 Å². The largest absolute Gasteiger partial charge is 0.462 e. The van der Waals surface area contributed by atoms with Gasteiger partial charge in [-0.05, 0) is 89.9 Å². The second kappa shape index (κ2) is 57.7. The molecule has 0 fully saturated rings. The van der Waals surface area contributed by atoms with Crippen LogP contribution >= 0.6 is 0 Å². The zero-order valence-corrected chi connectivity index (χ0v) is 45.8. The van der Waals surface area contributed by atoms with Gasteiger partial charge in [0.25, 0.3) is 0 Å². The van der Waals surface area contributed by atoms with Crippen LogP contribution < -0.4 is 0 Å². The molecule has 0 aliphatic carbocycles. The van der Waals surface area contributed by atoms with Gasteiger partial charge < -0.3 is 14.2 Å². The molecule has 69 heavy (non-hydrogen) atoms. The average Bonchev–Trinajstić information content (AvgIpc) is 3.35. The molecule has 400 valence electrons. The number of rotatable bonds is 54. The molecular weight excluding hydrogens is 853 g/mol. The number of esters is 3. The van der Waals surface area contributed by atoms with E-state index in [1.165, 1.54) is 180 Å². The van der Waals surface area contributed by atoms with Gasteiger partial charge in [0.15, 0.2) is 6.10 Å². The van der Waals surface area contributed by atoms with Gasteiger partial charge >= 0.3 is 17.9 Å². The number of hydrogen-bond donors (Lipinski definition) is 0. The third-order valence-electron chi connectivity index (χ3n) is 13.0. The maximum atomic E-state index is 12.8. The SMILES string of the molecule is CCCCC/C=C\C/C=C\C/C=C\C/C=C\CCCCCC(=O)OC[C@H](COC(=O)CCCCCCCCCCCCC/C=C\CCCCCCCC)OC(=O)CCCCCCCCCCCCC. The maximum absolute atomic E-state index is 12.8. The fourth-order valence-corrected chi connectivity index (χ4v) is 8.48. The Morgan fingerprint density at radius 2 is 0.522 bits per heavy atom. The second-order valence-corrected chi connectivity index (χ2v) is 19.9. The summed E-state index contributed by atoms with van der Waals surface area (Å²) in [7, 11) is 0. The predicted molar refractivity (Wildman–Crippen MR) is 298 cm³/mol. The minimum atomic E-state index is -0.785. The van der Waals surface area contributed by atoms with Gasteiger partial charge in [0, 0.05) is 19.3 Å². The molecule has 0 aliphatic rings. The van der Waals surface area contributed by atoms with Crippen molar-refractivity contribution in [3.8, 4) is 0 Å². The van der Waals surface area contributed by atoms with Crippen molar-refractivity contribution < 1.29 is 28.6 Å². The van der Waals surface area contributed by atoms with Crippen molar-refractivity contribution in [1.82, 2.24) is 0 Å². The number of allylic oxidation sites excluding steroid dienone is 10. The first-order valence-electron chi connectivity index (χ1n) is 29.8. The highest BCUT2D eigenvalue weighted by Crippen LogP contribution is 2.16. The smallest absolute Gasteiger partial charge is 0.306 e. The van der Waals surface area contributed by atoms with Crippen LogP contribution in [0.4, 0.5) is 0 Å². The Balaban J connectivity index is 4.32. The molecule has 0 bridgehead atoms. The number of ether oxygens (including phenoxy) is 3. The molecule has 0 unspecified atom stereocenters. The Bertz CT molecular complexity index is 1250. The van der Waals surface area contributed by atoms with Gasteiger partial charge in [0.1, 0.15) is 13.2 Å². The van der Waals surface area contributed by atoms with Crippen molar-refractivity contribution in [2.24, 2.45) is 0 Å². The number of unbranched alkanes of at least 4 members (excludes halogenated alkanes) is 33. The van der Waals surface area contributed by atoms with Gasteiger partial charge in [-0.15, -0.1) is 0 Å². The third-order valence-corrected chi connectivity index (χ3v) is 13.0. The lowest BCUT2D eigenvalue weighted by atomic mass is 10.0. The van der Waals surface area contributed by atoms with E-state index >= 15 is 0 Å². The molecule has 6 nitrogen and oxygen atoms in total. The van der Waals surface area contributed by atoms with Crippen molar-refractivity contribution in [2.75, 3.05) is 13.2 Å². The lowest BCUT2D eigenvalue weighted by molar-refractivity contribution is -0.167. The van der Waals surface area contributed by atoms with Crippen LogP contribution in [0.2, 0.25) is 0 Å². The number of carbonyl (C=O) groups excluding carboxylic acids is 3. The summed E-state index contributed by atoms with van der Waals surface area (Å²) < 4.78 is 16.8. The first-order valence-corrected chi connectivity index (χ1v) is 29.8. The van der Waals surface area contributed by atoms with Crippen LogP contribution in [-0.4, -0.2) is 37.2 Å². The molecule has 0 radical (unpaired) electrons. The van der Waals surface area contributed by atoms with E-state index in [4.69, 9.17) is 14.2 Å². The summed E-state index contributed by atoms with van der Waals surface area (Å²) >= 11 is 0. The fraction of sp³-hybridized carbons (Fsp3) is 0.794. The molecule has 0 saturated heterocycles. The van der Waals surface area contributed by atoms with Crippen LogP contribution in [0.5, 0.6) is 0 Å². The summed E-state index contributed by atoms with van der Waals surface area (Å²) in [6.07, 6.45) is 72.2. The molecule has 0 aromatic rings. The molecule has 0 heterocycles. The Morgan fingerprint density at radius 1 is 0.290 bits per heavy atom. The highest BCUT2D eigenvalue weighted by atomic mass is 16.6. The van der Waals surface area contributed by atoms with Gasteiger partial charge in [-0.3, -0.25) is 14.4 Å². The summed E-state index contributed by atoms with van der Waals surface area (Å²) in [6.45, 7) is 6.60. The molecule has 0 aromatic heterocycles. The van der Waals surface area contributed by atoms with Gasteiger partial charge in [-0.1, -0.05) is 255 Å². The molecule has 0 amide bonds. The zero-order valence-electron chi connectivity index (χ0n) is 45.8. The lowest BCUT2D eigenvalue weighted by Gasteiger charge is -2.18. The second-order valence-electron chi connectivity index (χ2n) is 19.9. The molecule has 0 aliphatic heterocycles. The quantitative estimate of drug-likeness (QED) is 0.0262. The summed E-state index contributed by atoms with van der Waals surface area (Å²) in [5.74, 6) is -0.903. The zero-order chi connectivity index (χ0) is 50.0. The van der Waals surface area contributed by atoms with Gasteiger partial charge in [0.05, 0.1) is 0 Å². The maximum Gasteiger partial charge on any atom is 0.306 e. The molecule has 6 heteroatoms. The molecule has 0 spiro atoms. The van der Waals surface area contributed by atoms with Crippen molar-refractivity contribution in [2.45, 2.75) is 309 Å². The Hall–Kier alpha value is -2.89. The Labute approximate surface area is 428 Å². The van der Waals surface area contributed by atoms with Crippen LogP contribution in [0.1, 0.15) is 303 Å². The average molecular weight is 966 g/mol. The van der Waals surface area contributed by atoms with Crippen molar-refractivity contribution in [3.05, 3.63) is 60.8 Å². The third kappa shape index (κ3) is 55.9. The van der Waals surface area contributed by atoms with Crippen molar-refractivity contribution >= 4 is 17.9 Å². The van der Waals surface area contributed by atoms with Crippen LogP contribution in [0.3, 0.4) is 0 Å². The van der Waals surface area contributed by atoms with Crippen LogP contribution in [0.25, 0.3) is 0 Å². The molecule has 0 aromatic carbocycles. The van der Waals surface area contributed by atoms with E-state index in [0.717, 1.165) is 83.5 Å². The summed E-state index contributed by atoms with van der Waals surface area (Å²) in [6, 6.07) is 0. The highest BCUT2D eigenvalue weighted by Gasteiger charge is 2.19. The molecule has 1 atom stereocenters. The van der Waals surface area contributed by atoms with E-state index in [1.807, 2.05) is 0 Å². The molecule has 0 N–H and O–H groups in total. The van der Waals surface area contributed by atoms with Crippen LogP contribution in [-0.2, 0) is 28.6 Å². The molecular formula is C63H112O6. The van der Waals surface area contributed by atoms with Crippen LogP contribution in [0.15, 0.2) is 60.8 Å². The normalized spacial score (nSPS) is 12.4. The van der Waals surface area contributed by atoms with Gasteiger partial charge in [-0.2, -0.15) is 0 Å². The monoisotopic (exact) mass is 965 g/mol. The first kappa shape index (κ1) is 66.1. The topological polar surface area (TPSA) is 78.9 Å². The van der Waals surface area contributed by atoms with Crippen molar-refractivity contribution in [3.63, 3.8) is 0 Å². The first-order chi connectivity index (χ1) is 34.0. The lowest BCUT2D eigenvalue weighted by Crippen LogP contribution is -2.30. The summed E-state index contributed by atoms with van der Waals surface area (Å²) in [5, 5.41) is 0. The number of carbonyl (C=O) groups is 3.